The van der Waals surface area contributed by atoms with E-state index in [-0.39, 0.29) is 42.5 Å². The van der Waals surface area contributed by atoms with E-state index in [1.807, 2.05) is 50.2 Å². The number of aliphatic hydroxyl groups excluding tert-OH is 1. The van der Waals surface area contributed by atoms with E-state index in [4.69, 9.17) is 14.6 Å². The van der Waals surface area contributed by atoms with Crippen molar-refractivity contribution in [2.45, 2.75) is 80.1 Å². The van der Waals surface area contributed by atoms with Crippen molar-refractivity contribution in [2.75, 3.05) is 14.2 Å². The van der Waals surface area contributed by atoms with Crippen LogP contribution in [0.5, 0.6) is 11.8 Å². The number of carbonyl (C=O) groups excluding carboxylic acids is 1. The van der Waals surface area contributed by atoms with Crippen molar-refractivity contribution in [3.8, 4) is 34.3 Å². The van der Waals surface area contributed by atoms with Gasteiger partial charge in [0, 0.05) is 38.6 Å². The third-order valence-electron chi connectivity index (χ3n) is 6.26. The number of aliphatic hydroxyl groups is 1. The van der Waals surface area contributed by atoms with Gasteiger partial charge in [-0.15, -0.1) is 24.3 Å². The van der Waals surface area contributed by atoms with Crippen LogP contribution in [0.4, 0.5) is 0 Å². The molecule has 0 amide bonds. The van der Waals surface area contributed by atoms with Gasteiger partial charge in [0.25, 0.3) is 0 Å². The maximum absolute atomic E-state index is 10.0. The van der Waals surface area contributed by atoms with Gasteiger partial charge < -0.3 is 34.5 Å². The topological polar surface area (TPSA) is 107 Å². The van der Waals surface area contributed by atoms with Crippen molar-refractivity contribution < 1.29 is 39.5 Å². The monoisotopic (exact) mass is 803 g/mol. The van der Waals surface area contributed by atoms with Gasteiger partial charge in [-0.25, -0.2) is 0 Å². The Morgan fingerprint density at radius 2 is 1.13 bits per heavy atom. The number of ether oxygens (including phenoxy) is 2. The predicted octanol–water partition coefficient (Wildman–Crippen LogP) is 8.15. The Balaban J connectivity index is 0.000000376. The molecule has 46 heavy (non-hydrogen) atoms. The minimum absolute atomic E-state index is 0. The standard InChI is InChI=1S/2C16H19N2O.C5H8O2.Ir/c2*1-11-8-9-17-13(10-11)12-6-7-14(16(2,3)4)18-15(12)19-5;1-4(6)3-5(2)7;/h2*7-10H,1-5H3;3,6H,1-2H3;/q2*-1;;. The molecule has 0 unspecified atom stereocenters. The molecule has 1 N–H and O–H groups in total. The average molecular weight is 803 g/mol. The van der Waals surface area contributed by atoms with E-state index in [2.05, 4.69) is 73.6 Å². The molecular formula is C37H46IrN4O4-2. The first-order valence-electron chi connectivity index (χ1n) is 14.6. The summed E-state index contributed by atoms with van der Waals surface area (Å²) >= 11 is 0. The second kappa shape index (κ2) is 17.7. The molecule has 249 valence electrons. The number of aryl methyl sites for hydroxylation is 2. The Hall–Kier alpha value is -3.94. The molecule has 0 spiro atoms. The molecule has 4 rings (SSSR count). The van der Waals surface area contributed by atoms with Crippen LogP contribution in [0, 0.1) is 26.0 Å². The number of rotatable bonds is 5. The minimum atomic E-state index is -0.125. The Morgan fingerprint density at radius 1 is 0.761 bits per heavy atom. The van der Waals surface area contributed by atoms with Crippen molar-refractivity contribution >= 4 is 5.78 Å². The van der Waals surface area contributed by atoms with Crippen LogP contribution in [-0.2, 0) is 35.7 Å². The van der Waals surface area contributed by atoms with Gasteiger partial charge in [-0.05, 0) is 73.4 Å². The van der Waals surface area contributed by atoms with Crippen molar-refractivity contribution in [3.05, 3.63) is 95.3 Å². The van der Waals surface area contributed by atoms with Gasteiger partial charge in [-0.2, -0.15) is 0 Å². The fraction of sp³-hybridized carbons (Fsp3) is 0.378. The van der Waals surface area contributed by atoms with Crippen LogP contribution in [0.25, 0.3) is 22.5 Å². The van der Waals surface area contributed by atoms with Crippen LogP contribution in [0.2, 0.25) is 0 Å². The summed E-state index contributed by atoms with van der Waals surface area (Å²) in [6.07, 6.45) is 4.74. The van der Waals surface area contributed by atoms with Crippen LogP contribution >= 0.6 is 0 Å². The van der Waals surface area contributed by atoms with Crippen molar-refractivity contribution in [2.24, 2.45) is 0 Å². The van der Waals surface area contributed by atoms with E-state index in [9.17, 15) is 4.79 Å². The maximum atomic E-state index is 10.0. The quantitative estimate of drug-likeness (QED) is 0.123. The fourth-order valence-corrected chi connectivity index (χ4v) is 3.87. The van der Waals surface area contributed by atoms with E-state index in [1.54, 1.807) is 26.6 Å². The molecule has 8 nitrogen and oxygen atoms in total. The molecule has 0 aliphatic carbocycles. The summed E-state index contributed by atoms with van der Waals surface area (Å²) in [5, 5.41) is 8.36. The number of hydrogen-bond acceptors (Lipinski definition) is 8. The third kappa shape index (κ3) is 12.5. The van der Waals surface area contributed by atoms with Gasteiger partial charge in [0.1, 0.15) is 11.8 Å². The van der Waals surface area contributed by atoms with E-state index in [0.29, 0.717) is 11.8 Å². The van der Waals surface area contributed by atoms with Crippen molar-refractivity contribution in [3.63, 3.8) is 0 Å². The SMILES string of the molecule is CC(=O)C=C(C)O.COc1nc(C(C)(C)C)c[c-]c1-c1cc(C)ccn1.COc1nc(C(C)(C)C)c[c-]c1-c1cc(C)ccn1.[Ir]. The van der Waals surface area contributed by atoms with Gasteiger partial charge in [-0.1, -0.05) is 75.9 Å². The van der Waals surface area contributed by atoms with E-state index in [1.165, 1.54) is 19.9 Å². The van der Waals surface area contributed by atoms with E-state index < -0.39 is 0 Å². The molecule has 0 atom stereocenters. The third-order valence-corrected chi connectivity index (χ3v) is 6.26. The zero-order valence-corrected chi connectivity index (χ0v) is 31.4. The molecule has 0 fully saturated rings. The average Bonchev–Trinajstić information content (AvgIpc) is 2.95. The summed E-state index contributed by atoms with van der Waals surface area (Å²) < 4.78 is 10.8. The van der Waals surface area contributed by atoms with Gasteiger partial charge in [0.05, 0.1) is 20.0 Å². The van der Waals surface area contributed by atoms with Crippen molar-refractivity contribution in [1.29, 1.82) is 0 Å². The van der Waals surface area contributed by atoms with Crippen LogP contribution in [0.15, 0.2) is 60.6 Å². The summed E-state index contributed by atoms with van der Waals surface area (Å²) in [6.45, 7) is 19.6. The summed E-state index contributed by atoms with van der Waals surface area (Å²) in [6, 6.07) is 18.3. The molecule has 0 bridgehead atoms. The molecule has 0 aliphatic rings. The first kappa shape index (κ1) is 40.1. The molecule has 0 aromatic carbocycles. The van der Waals surface area contributed by atoms with Crippen molar-refractivity contribution in [1.82, 2.24) is 19.9 Å². The Bertz CT molecular complexity index is 1510. The summed E-state index contributed by atoms with van der Waals surface area (Å²) in [7, 11) is 3.25. The van der Waals surface area contributed by atoms with Gasteiger partial charge in [-0.3, -0.25) is 4.79 Å². The van der Waals surface area contributed by atoms with Crippen LogP contribution in [0.3, 0.4) is 0 Å². The maximum Gasteiger partial charge on any atom is 0.155 e. The number of nitrogens with zero attached hydrogens (tertiary/aromatic N) is 4. The number of ketones is 1. The molecule has 1 radical (unpaired) electrons. The molecule has 4 heterocycles. The van der Waals surface area contributed by atoms with Gasteiger partial charge >= 0.3 is 0 Å². The first-order chi connectivity index (χ1) is 21.0. The second-order valence-corrected chi connectivity index (χ2v) is 12.7. The minimum Gasteiger partial charge on any atom is -0.524 e. The summed E-state index contributed by atoms with van der Waals surface area (Å²) in [5.41, 5.74) is 7.46. The number of aromatic nitrogens is 4. The zero-order valence-electron chi connectivity index (χ0n) is 29.0. The summed E-state index contributed by atoms with van der Waals surface area (Å²) in [4.78, 5) is 27.9. The van der Waals surface area contributed by atoms with Crippen LogP contribution in [0.1, 0.15) is 77.9 Å². The molecule has 9 heteroatoms. The van der Waals surface area contributed by atoms with Gasteiger partial charge in [0.15, 0.2) is 5.78 Å². The molecule has 0 aliphatic heterocycles. The van der Waals surface area contributed by atoms with Crippen LogP contribution < -0.4 is 9.47 Å². The smallest absolute Gasteiger partial charge is 0.155 e. The largest absolute Gasteiger partial charge is 0.524 e. The van der Waals surface area contributed by atoms with E-state index >= 15 is 0 Å². The number of pyridine rings is 4. The van der Waals surface area contributed by atoms with E-state index in [0.717, 1.165) is 45.0 Å². The molecule has 0 saturated heterocycles. The molecule has 4 aromatic heterocycles. The summed E-state index contributed by atoms with van der Waals surface area (Å²) in [5.74, 6) is 1.09. The molecule has 0 saturated carbocycles. The zero-order chi connectivity index (χ0) is 33.9. The second-order valence-electron chi connectivity index (χ2n) is 12.7. The number of hydrogen-bond donors (Lipinski definition) is 1. The first-order valence-corrected chi connectivity index (χ1v) is 14.6. The fourth-order valence-electron chi connectivity index (χ4n) is 3.87. The Labute approximate surface area is 288 Å². The van der Waals surface area contributed by atoms with Gasteiger partial charge in [0.2, 0.25) is 0 Å². The Morgan fingerprint density at radius 3 is 1.37 bits per heavy atom. The number of methoxy groups -OCH3 is 2. The molecular weight excluding hydrogens is 757 g/mol. The Kier molecular flexibility index (Phi) is 15.4. The normalized spacial score (nSPS) is 11.2. The molecule has 4 aromatic rings. The number of allylic oxidation sites excluding steroid dienone is 2. The number of carbonyl (C=O) groups is 1. The predicted molar refractivity (Wildman–Crippen MR) is 180 cm³/mol. The van der Waals surface area contributed by atoms with Crippen LogP contribution in [-0.4, -0.2) is 45.0 Å².